The zero-order valence-electron chi connectivity index (χ0n) is 12.5. The lowest BCUT2D eigenvalue weighted by atomic mass is 9.87. The van der Waals surface area contributed by atoms with Crippen LogP contribution in [0.1, 0.15) is 62.3 Å². The van der Waals surface area contributed by atoms with Gasteiger partial charge in [0.15, 0.2) is 0 Å². The van der Waals surface area contributed by atoms with Crippen LogP contribution in [0.3, 0.4) is 0 Å². The zero-order valence-corrected chi connectivity index (χ0v) is 13.3. The highest BCUT2D eigenvalue weighted by Crippen LogP contribution is 2.37. The molecule has 0 saturated heterocycles. The van der Waals surface area contributed by atoms with Crippen molar-refractivity contribution in [2.45, 2.75) is 50.9 Å². The second-order valence-electron chi connectivity index (χ2n) is 6.18. The molecule has 1 heterocycles. The Bertz CT molecular complexity index is 688. The summed E-state index contributed by atoms with van der Waals surface area (Å²) >= 11 is 6.35. The van der Waals surface area contributed by atoms with Gasteiger partial charge in [-0.05, 0) is 56.7 Å². The van der Waals surface area contributed by atoms with E-state index in [4.69, 9.17) is 21.8 Å². The minimum absolute atomic E-state index is 0.123. The Hall–Kier alpha value is -1.53. The Morgan fingerprint density at radius 2 is 2.05 bits per heavy atom. The third-order valence-corrected chi connectivity index (χ3v) is 4.75. The van der Waals surface area contributed by atoms with E-state index >= 15 is 0 Å². The molecule has 1 saturated carbocycles. The number of fused-ring (bicyclic) bond motifs is 1. The van der Waals surface area contributed by atoms with E-state index < -0.39 is 0 Å². The maximum absolute atomic E-state index is 9.14. The summed E-state index contributed by atoms with van der Waals surface area (Å²) in [5.41, 5.74) is 2.67. The topological polar surface area (TPSA) is 41.6 Å². The lowest BCUT2D eigenvalue weighted by molar-refractivity contribution is 0.289. The first-order valence-electron chi connectivity index (χ1n) is 7.66. The second kappa shape index (κ2) is 5.69. The van der Waals surface area contributed by atoms with Gasteiger partial charge in [-0.25, -0.2) is 4.98 Å². The van der Waals surface area contributed by atoms with Gasteiger partial charge in [0.05, 0.1) is 28.0 Å². The molecular weight excluding hydrogens is 282 g/mol. The average Bonchev–Trinajstić information content (AvgIpc) is 2.86. The Morgan fingerprint density at radius 1 is 1.33 bits per heavy atom. The van der Waals surface area contributed by atoms with Gasteiger partial charge in [0.25, 0.3) is 0 Å². The number of hydrogen-bond acceptors (Lipinski definition) is 2. The molecule has 1 aliphatic rings. The van der Waals surface area contributed by atoms with Crippen molar-refractivity contribution < 1.29 is 0 Å². The largest absolute Gasteiger partial charge is 0.324 e. The molecule has 110 valence electrons. The summed E-state index contributed by atoms with van der Waals surface area (Å²) < 4.78 is 2.29. The summed E-state index contributed by atoms with van der Waals surface area (Å²) in [6.45, 7) is 4.29. The maximum Gasteiger partial charge on any atom is 0.127 e. The molecule has 0 radical (unpaired) electrons. The van der Waals surface area contributed by atoms with Gasteiger partial charge < -0.3 is 4.57 Å². The van der Waals surface area contributed by atoms with Crippen molar-refractivity contribution in [3.63, 3.8) is 0 Å². The molecule has 0 spiro atoms. The number of aromatic nitrogens is 2. The van der Waals surface area contributed by atoms with Gasteiger partial charge in [-0.2, -0.15) is 5.26 Å². The molecule has 1 aromatic carbocycles. The predicted molar refractivity (Wildman–Crippen MR) is 85.4 cm³/mol. The summed E-state index contributed by atoms with van der Waals surface area (Å²) in [6.07, 6.45) is 4.83. The molecule has 1 fully saturated rings. The van der Waals surface area contributed by atoms with Crippen molar-refractivity contribution in [3.8, 4) is 6.07 Å². The number of hydrogen-bond donors (Lipinski definition) is 0. The first kappa shape index (κ1) is 14.4. The van der Waals surface area contributed by atoms with Crippen molar-refractivity contribution >= 4 is 22.6 Å². The average molecular weight is 302 g/mol. The van der Waals surface area contributed by atoms with Crippen LogP contribution in [0.5, 0.6) is 0 Å². The van der Waals surface area contributed by atoms with E-state index in [1.807, 2.05) is 25.1 Å². The van der Waals surface area contributed by atoms with Crippen molar-refractivity contribution in [2.75, 3.05) is 0 Å². The number of imidazole rings is 1. The highest BCUT2D eigenvalue weighted by atomic mass is 35.5. The van der Waals surface area contributed by atoms with Crippen molar-refractivity contribution in [1.29, 1.82) is 5.26 Å². The van der Waals surface area contributed by atoms with E-state index in [1.165, 1.54) is 25.7 Å². The summed E-state index contributed by atoms with van der Waals surface area (Å²) in [5, 5.41) is 9.02. The molecule has 1 atom stereocenters. The number of nitrogens with zero attached hydrogens (tertiary/aromatic N) is 3. The number of nitriles is 1. The maximum atomic E-state index is 9.14. The molecule has 4 heteroatoms. The highest BCUT2D eigenvalue weighted by Gasteiger charge is 2.25. The molecule has 1 aromatic heterocycles. The molecule has 3 nitrogen and oxygen atoms in total. The third-order valence-electron chi connectivity index (χ3n) is 4.55. The van der Waals surface area contributed by atoms with Crippen LogP contribution >= 0.6 is 11.6 Å². The van der Waals surface area contributed by atoms with Gasteiger partial charge >= 0.3 is 0 Å². The van der Waals surface area contributed by atoms with E-state index in [0.717, 1.165) is 22.8 Å². The molecule has 0 N–H and O–H groups in total. The molecular formula is C17H20ClN3. The fourth-order valence-corrected chi connectivity index (χ4v) is 3.50. The predicted octanol–water partition coefficient (Wildman–Crippen LogP) is 4.96. The van der Waals surface area contributed by atoms with E-state index in [0.29, 0.717) is 11.6 Å². The van der Waals surface area contributed by atoms with Crippen LogP contribution in [0.25, 0.3) is 11.0 Å². The lowest BCUT2D eigenvalue weighted by Gasteiger charge is -2.29. The number of benzene rings is 1. The van der Waals surface area contributed by atoms with Gasteiger partial charge in [-0.15, -0.1) is 11.6 Å². The van der Waals surface area contributed by atoms with E-state index in [9.17, 15) is 0 Å². The molecule has 2 aromatic rings. The smallest absolute Gasteiger partial charge is 0.127 e. The van der Waals surface area contributed by atoms with Crippen LogP contribution in [0, 0.1) is 17.2 Å². The van der Waals surface area contributed by atoms with Crippen LogP contribution in [-0.4, -0.2) is 9.55 Å². The summed E-state index contributed by atoms with van der Waals surface area (Å²) in [6, 6.07) is 8.38. The SMILES string of the molecule is CC1CCC(n2c(C(C)Cl)nc3ccc(C#N)cc32)CC1. The van der Waals surface area contributed by atoms with Crippen molar-refractivity contribution in [3.05, 3.63) is 29.6 Å². The molecule has 21 heavy (non-hydrogen) atoms. The van der Waals surface area contributed by atoms with Crippen molar-refractivity contribution in [1.82, 2.24) is 9.55 Å². The number of rotatable bonds is 2. The number of alkyl halides is 1. The Kier molecular flexibility index (Phi) is 3.91. The number of halogens is 1. The summed E-state index contributed by atoms with van der Waals surface area (Å²) in [4.78, 5) is 4.70. The van der Waals surface area contributed by atoms with Crippen LogP contribution in [0.4, 0.5) is 0 Å². The van der Waals surface area contributed by atoms with E-state index in [2.05, 4.69) is 17.6 Å². The van der Waals surface area contributed by atoms with E-state index in [-0.39, 0.29) is 5.38 Å². The molecule has 0 aliphatic heterocycles. The molecule has 0 amide bonds. The third kappa shape index (κ3) is 2.65. The van der Waals surface area contributed by atoms with Gasteiger partial charge in [0.2, 0.25) is 0 Å². The normalized spacial score (nSPS) is 23.9. The fourth-order valence-electron chi connectivity index (χ4n) is 3.35. The van der Waals surface area contributed by atoms with Crippen LogP contribution in [0.15, 0.2) is 18.2 Å². The summed E-state index contributed by atoms with van der Waals surface area (Å²) in [5.74, 6) is 1.74. The first-order valence-corrected chi connectivity index (χ1v) is 8.10. The molecule has 0 bridgehead atoms. The Labute approximate surface area is 130 Å². The van der Waals surface area contributed by atoms with Gasteiger partial charge in [0, 0.05) is 6.04 Å². The lowest BCUT2D eigenvalue weighted by Crippen LogP contribution is -2.19. The minimum atomic E-state index is -0.123. The fraction of sp³-hybridized carbons (Fsp3) is 0.529. The molecule has 1 aliphatic carbocycles. The van der Waals surface area contributed by atoms with Crippen LogP contribution < -0.4 is 0 Å². The van der Waals surface area contributed by atoms with Gasteiger partial charge in [-0.1, -0.05) is 6.92 Å². The van der Waals surface area contributed by atoms with Gasteiger partial charge in [0.1, 0.15) is 5.82 Å². The highest BCUT2D eigenvalue weighted by molar-refractivity contribution is 6.20. The Morgan fingerprint density at radius 3 is 2.67 bits per heavy atom. The monoisotopic (exact) mass is 301 g/mol. The zero-order chi connectivity index (χ0) is 15.0. The van der Waals surface area contributed by atoms with Crippen molar-refractivity contribution in [2.24, 2.45) is 5.92 Å². The summed E-state index contributed by atoms with van der Waals surface area (Å²) in [7, 11) is 0. The first-order chi connectivity index (χ1) is 10.1. The quantitative estimate of drug-likeness (QED) is 0.736. The molecule has 3 rings (SSSR count). The Balaban J connectivity index is 2.13. The van der Waals surface area contributed by atoms with E-state index in [1.54, 1.807) is 0 Å². The van der Waals surface area contributed by atoms with Crippen LogP contribution in [0.2, 0.25) is 0 Å². The van der Waals surface area contributed by atoms with Crippen LogP contribution in [-0.2, 0) is 0 Å². The molecule has 1 unspecified atom stereocenters. The standard InChI is InChI=1S/C17H20ClN3/c1-11-3-6-14(7-4-11)21-16-9-13(10-19)5-8-15(16)20-17(21)12(2)18/h5,8-9,11-12,14H,3-4,6-7H2,1-2H3. The van der Waals surface area contributed by atoms with Gasteiger partial charge in [-0.3, -0.25) is 0 Å². The minimum Gasteiger partial charge on any atom is -0.324 e. The second-order valence-corrected chi connectivity index (χ2v) is 6.84.